The normalized spacial score (nSPS) is 11.5. The number of benzene rings is 1. The highest BCUT2D eigenvalue weighted by molar-refractivity contribution is 7.93. The Hall–Kier alpha value is -1.42. The number of nitrogens with one attached hydrogen (secondary N) is 2. The smallest absolute Gasteiger partial charge is 0.266 e. The molecule has 0 bridgehead atoms. The van der Waals surface area contributed by atoms with Gasteiger partial charge in [-0.2, -0.15) is 0 Å². The summed E-state index contributed by atoms with van der Waals surface area (Å²) in [7, 11) is -4.09. The lowest BCUT2D eigenvalue weighted by Crippen LogP contribution is -2.15. The van der Waals surface area contributed by atoms with E-state index < -0.39 is 20.7 Å². The molecule has 1 heterocycles. The predicted octanol–water partition coefficient (Wildman–Crippen LogP) is 4.06. The maximum absolute atomic E-state index is 14.3. The first-order chi connectivity index (χ1) is 12.4. The van der Waals surface area contributed by atoms with E-state index in [1.54, 1.807) is 5.38 Å². The third kappa shape index (κ3) is 6.08. The summed E-state index contributed by atoms with van der Waals surface area (Å²) in [5, 5.41) is 4.97. The van der Waals surface area contributed by atoms with Crippen LogP contribution in [0.3, 0.4) is 0 Å². The third-order valence-corrected chi connectivity index (χ3v) is 6.15. The van der Waals surface area contributed by atoms with Crippen molar-refractivity contribution in [3.63, 3.8) is 0 Å². The standard InChI is InChI=1S/C16H22ClFN4O2S2/c17-12-10-15(26(23,24)22-16-21-8-9-25-16)13(18)11-14(12)20-7-5-3-1-2-4-6-19/h8-11,20H,1-7,19H2,(H,21,22). The van der Waals surface area contributed by atoms with Gasteiger partial charge in [0.05, 0.1) is 10.7 Å². The van der Waals surface area contributed by atoms with Crippen LogP contribution in [0.25, 0.3) is 0 Å². The second kappa shape index (κ2) is 10.1. The Balaban J connectivity index is 1.97. The van der Waals surface area contributed by atoms with Crippen LogP contribution in [-0.4, -0.2) is 26.5 Å². The van der Waals surface area contributed by atoms with Crippen molar-refractivity contribution < 1.29 is 12.8 Å². The van der Waals surface area contributed by atoms with Gasteiger partial charge in [-0.1, -0.05) is 30.9 Å². The molecular weight excluding hydrogens is 399 g/mol. The van der Waals surface area contributed by atoms with Crippen molar-refractivity contribution in [1.29, 1.82) is 0 Å². The van der Waals surface area contributed by atoms with Gasteiger partial charge in [-0.25, -0.2) is 17.8 Å². The fourth-order valence-electron chi connectivity index (χ4n) is 2.34. The second-order valence-corrected chi connectivity index (χ2v) is 8.64. The Morgan fingerprint density at radius 3 is 2.62 bits per heavy atom. The second-order valence-electron chi connectivity index (χ2n) is 5.69. The molecular formula is C16H22ClFN4O2S2. The number of nitrogens with zero attached hydrogens (tertiary/aromatic N) is 1. The molecule has 2 rings (SSSR count). The highest BCUT2D eigenvalue weighted by Gasteiger charge is 2.22. The van der Waals surface area contributed by atoms with Crippen molar-refractivity contribution in [2.75, 3.05) is 23.1 Å². The quantitative estimate of drug-likeness (QED) is 0.476. The van der Waals surface area contributed by atoms with Crippen molar-refractivity contribution in [3.8, 4) is 0 Å². The molecule has 0 aliphatic carbocycles. The van der Waals surface area contributed by atoms with Gasteiger partial charge < -0.3 is 11.1 Å². The fraction of sp³-hybridized carbons (Fsp3) is 0.438. The third-order valence-electron chi connectivity index (χ3n) is 3.66. The van der Waals surface area contributed by atoms with Crippen LogP contribution in [0.1, 0.15) is 32.1 Å². The van der Waals surface area contributed by atoms with Gasteiger partial charge in [-0.3, -0.25) is 4.72 Å². The summed E-state index contributed by atoms with van der Waals surface area (Å²) in [6.45, 7) is 1.34. The zero-order valence-electron chi connectivity index (χ0n) is 14.2. The predicted molar refractivity (Wildman–Crippen MR) is 105 cm³/mol. The van der Waals surface area contributed by atoms with E-state index in [2.05, 4.69) is 15.0 Å². The maximum Gasteiger partial charge on any atom is 0.266 e. The molecule has 6 nitrogen and oxygen atoms in total. The summed E-state index contributed by atoms with van der Waals surface area (Å²) in [4.78, 5) is 3.32. The number of aromatic nitrogens is 1. The highest BCUT2D eigenvalue weighted by atomic mass is 35.5. The maximum atomic E-state index is 14.3. The van der Waals surface area contributed by atoms with Crippen LogP contribution in [0, 0.1) is 5.82 Å². The molecule has 10 heteroatoms. The SMILES string of the molecule is NCCCCCCCNc1cc(F)c(S(=O)(=O)Nc2nccs2)cc1Cl. The van der Waals surface area contributed by atoms with Crippen LogP contribution >= 0.6 is 22.9 Å². The lowest BCUT2D eigenvalue weighted by molar-refractivity contribution is 0.570. The topological polar surface area (TPSA) is 97.1 Å². The van der Waals surface area contributed by atoms with Crippen LogP contribution in [0.15, 0.2) is 28.6 Å². The largest absolute Gasteiger partial charge is 0.384 e. The zero-order valence-corrected chi connectivity index (χ0v) is 16.6. The van der Waals surface area contributed by atoms with E-state index >= 15 is 0 Å². The molecule has 0 spiro atoms. The van der Waals surface area contributed by atoms with Crippen LogP contribution in [0.2, 0.25) is 5.02 Å². The van der Waals surface area contributed by atoms with E-state index in [1.165, 1.54) is 6.20 Å². The number of hydrogen-bond acceptors (Lipinski definition) is 6. The van der Waals surface area contributed by atoms with Crippen LogP contribution in [-0.2, 0) is 10.0 Å². The van der Waals surface area contributed by atoms with E-state index in [1.807, 2.05) is 0 Å². The molecule has 26 heavy (non-hydrogen) atoms. The van der Waals surface area contributed by atoms with Crippen molar-refractivity contribution in [3.05, 3.63) is 34.5 Å². The van der Waals surface area contributed by atoms with Crippen molar-refractivity contribution in [1.82, 2.24) is 4.98 Å². The first kappa shape index (κ1) is 20.9. The zero-order chi connectivity index (χ0) is 19.0. The molecule has 1 aromatic heterocycles. The van der Waals surface area contributed by atoms with E-state index in [4.69, 9.17) is 17.3 Å². The van der Waals surface area contributed by atoms with Crippen LogP contribution in [0.5, 0.6) is 0 Å². The number of nitrogens with two attached hydrogens (primary N) is 1. The molecule has 4 N–H and O–H groups in total. The molecule has 0 fully saturated rings. The monoisotopic (exact) mass is 420 g/mol. The molecule has 0 unspecified atom stereocenters. The number of unbranched alkanes of at least 4 members (excludes halogenated alkanes) is 4. The van der Waals surface area contributed by atoms with Crippen molar-refractivity contribution in [2.24, 2.45) is 5.73 Å². The van der Waals surface area contributed by atoms with Gasteiger partial charge in [0.25, 0.3) is 10.0 Å². The Labute approximate surface area is 162 Å². The first-order valence-electron chi connectivity index (χ1n) is 8.29. The molecule has 0 radical (unpaired) electrons. The minimum absolute atomic E-state index is 0.147. The average molecular weight is 421 g/mol. The average Bonchev–Trinajstić information content (AvgIpc) is 3.08. The van der Waals surface area contributed by atoms with E-state index in [9.17, 15) is 12.8 Å². The molecule has 0 saturated carbocycles. The Bertz CT molecular complexity index is 801. The first-order valence-corrected chi connectivity index (χ1v) is 11.0. The molecule has 0 amide bonds. The summed E-state index contributed by atoms with van der Waals surface area (Å²) < 4.78 is 41.1. The summed E-state index contributed by atoms with van der Waals surface area (Å²) in [5.41, 5.74) is 5.82. The summed E-state index contributed by atoms with van der Waals surface area (Å²) >= 11 is 7.22. The molecule has 0 saturated heterocycles. The molecule has 0 aliphatic rings. The number of anilines is 2. The van der Waals surface area contributed by atoms with Crippen LogP contribution < -0.4 is 15.8 Å². The molecule has 2 aromatic rings. The van der Waals surface area contributed by atoms with Crippen molar-refractivity contribution in [2.45, 2.75) is 37.0 Å². The summed E-state index contributed by atoms with van der Waals surface area (Å²) in [6, 6.07) is 2.21. The number of hydrogen-bond donors (Lipinski definition) is 3. The molecule has 0 atom stereocenters. The lowest BCUT2D eigenvalue weighted by Gasteiger charge is -2.12. The van der Waals surface area contributed by atoms with Crippen molar-refractivity contribution >= 4 is 43.8 Å². The van der Waals surface area contributed by atoms with Gasteiger partial charge in [0, 0.05) is 18.1 Å². The molecule has 1 aromatic carbocycles. The summed E-state index contributed by atoms with van der Waals surface area (Å²) in [6.07, 6.45) is 6.63. The van der Waals surface area contributed by atoms with E-state index in [-0.39, 0.29) is 10.2 Å². The molecule has 144 valence electrons. The van der Waals surface area contributed by atoms with E-state index in [0.717, 1.165) is 55.6 Å². The Kier molecular flexibility index (Phi) is 8.08. The van der Waals surface area contributed by atoms with Gasteiger partial charge >= 0.3 is 0 Å². The van der Waals surface area contributed by atoms with Gasteiger partial charge in [0.2, 0.25) is 0 Å². The van der Waals surface area contributed by atoms with E-state index in [0.29, 0.717) is 18.8 Å². The number of rotatable bonds is 11. The van der Waals surface area contributed by atoms with Gasteiger partial charge in [-0.15, -0.1) is 11.3 Å². The molecule has 0 aliphatic heterocycles. The van der Waals surface area contributed by atoms with Gasteiger partial charge in [0.1, 0.15) is 10.7 Å². The lowest BCUT2D eigenvalue weighted by atomic mass is 10.1. The fourth-order valence-corrected chi connectivity index (χ4v) is 4.51. The number of halogens is 2. The highest BCUT2D eigenvalue weighted by Crippen LogP contribution is 2.29. The van der Waals surface area contributed by atoms with Gasteiger partial charge in [-0.05, 0) is 31.5 Å². The van der Waals surface area contributed by atoms with Gasteiger partial charge in [0.15, 0.2) is 5.13 Å². The minimum atomic E-state index is -4.09. The number of thiazole rings is 1. The Morgan fingerprint density at radius 2 is 1.92 bits per heavy atom. The Morgan fingerprint density at radius 1 is 1.19 bits per heavy atom. The summed E-state index contributed by atoms with van der Waals surface area (Å²) in [5.74, 6) is -0.871. The minimum Gasteiger partial charge on any atom is -0.384 e. The van der Waals surface area contributed by atoms with Crippen LogP contribution in [0.4, 0.5) is 15.2 Å². The number of sulfonamides is 1.